The van der Waals surface area contributed by atoms with E-state index in [1.54, 1.807) is 36.4 Å². The number of nitrogens with zero attached hydrogens (tertiary/aromatic N) is 3. The number of aliphatic hydroxyl groups is 1. The van der Waals surface area contributed by atoms with Crippen LogP contribution in [0.25, 0.3) is 16.7 Å². The minimum atomic E-state index is 0.0499. The van der Waals surface area contributed by atoms with Crippen LogP contribution in [0.15, 0.2) is 36.4 Å². The van der Waals surface area contributed by atoms with Crippen molar-refractivity contribution < 1.29 is 10.2 Å². The van der Waals surface area contributed by atoms with Crippen LogP contribution in [0.5, 0.6) is 5.75 Å². The van der Waals surface area contributed by atoms with Crippen LogP contribution in [0.1, 0.15) is 5.56 Å². The molecule has 6 heteroatoms. The van der Waals surface area contributed by atoms with Gasteiger partial charge in [-0.15, -0.1) is 15.0 Å². The second kappa shape index (κ2) is 5.11. The van der Waals surface area contributed by atoms with Crippen molar-refractivity contribution in [3.63, 3.8) is 0 Å². The fourth-order valence-electron chi connectivity index (χ4n) is 2.01. The van der Waals surface area contributed by atoms with Crippen LogP contribution >= 0.6 is 11.6 Å². The summed E-state index contributed by atoms with van der Waals surface area (Å²) in [6, 6.07) is 10.3. The van der Waals surface area contributed by atoms with E-state index in [4.69, 9.17) is 16.7 Å². The summed E-state index contributed by atoms with van der Waals surface area (Å²) >= 11 is 5.92. The van der Waals surface area contributed by atoms with Gasteiger partial charge in [-0.2, -0.15) is 0 Å². The highest BCUT2D eigenvalue weighted by Gasteiger charge is 2.10. The van der Waals surface area contributed by atoms with Crippen molar-refractivity contribution in [1.29, 1.82) is 0 Å². The highest BCUT2D eigenvalue weighted by atomic mass is 35.5. The summed E-state index contributed by atoms with van der Waals surface area (Å²) in [5, 5.41) is 28.1. The molecule has 2 aromatic carbocycles. The first kappa shape index (κ1) is 12.9. The molecule has 0 unspecified atom stereocenters. The second-order valence-electron chi connectivity index (χ2n) is 4.42. The number of hydrogen-bond donors (Lipinski definition) is 2. The molecule has 0 fully saturated rings. The van der Waals surface area contributed by atoms with E-state index >= 15 is 0 Å². The minimum Gasteiger partial charge on any atom is -0.506 e. The molecule has 0 saturated heterocycles. The predicted molar refractivity (Wildman–Crippen MR) is 76.3 cm³/mol. The largest absolute Gasteiger partial charge is 0.506 e. The maximum Gasteiger partial charge on any atom is 0.143 e. The molecule has 0 radical (unpaired) electrons. The quantitative estimate of drug-likeness (QED) is 0.776. The molecule has 20 heavy (non-hydrogen) atoms. The molecule has 3 rings (SSSR count). The summed E-state index contributed by atoms with van der Waals surface area (Å²) < 4.78 is 0. The molecule has 3 aromatic rings. The molecule has 1 heterocycles. The molecule has 0 spiro atoms. The van der Waals surface area contributed by atoms with E-state index in [0.717, 1.165) is 5.56 Å². The molecular weight excluding hydrogens is 278 g/mol. The summed E-state index contributed by atoms with van der Waals surface area (Å²) in [7, 11) is 0. The molecule has 0 aliphatic rings. The molecule has 0 amide bonds. The Morgan fingerprint density at radius 2 is 1.85 bits per heavy atom. The lowest BCUT2D eigenvalue weighted by molar-refractivity contribution is 0.299. The number of fused-ring (bicyclic) bond motifs is 1. The Bertz CT molecular complexity index is 770. The zero-order valence-electron chi connectivity index (χ0n) is 10.5. The van der Waals surface area contributed by atoms with Crippen molar-refractivity contribution in [2.24, 2.45) is 0 Å². The number of rotatable bonds is 3. The van der Waals surface area contributed by atoms with Gasteiger partial charge in [0.1, 0.15) is 22.5 Å². The molecule has 1 aromatic heterocycles. The number of aromatic nitrogens is 3. The maximum absolute atomic E-state index is 9.95. The highest BCUT2D eigenvalue weighted by Crippen LogP contribution is 2.24. The van der Waals surface area contributed by atoms with Crippen LogP contribution in [-0.2, 0) is 6.42 Å². The molecule has 2 N–H and O–H groups in total. The fraction of sp³-hybridized carbons (Fsp3) is 0.143. The van der Waals surface area contributed by atoms with Crippen LogP contribution in [0.4, 0.5) is 0 Å². The Kier molecular flexibility index (Phi) is 3.30. The molecule has 0 saturated carbocycles. The average Bonchev–Trinajstić information content (AvgIpc) is 2.84. The van der Waals surface area contributed by atoms with E-state index in [9.17, 15) is 5.11 Å². The maximum atomic E-state index is 9.95. The lowest BCUT2D eigenvalue weighted by atomic mass is 10.1. The zero-order chi connectivity index (χ0) is 14.1. The van der Waals surface area contributed by atoms with Gasteiger partial charge in [0.05, 0.1) is 0 Å². The van der Waals surface area contributed by atoms with Gasteiger partial charge in [0.25, 0.3) is 0 Å². The van der Waals surface area contributed by atoms with Crippen LogP contribution in [0.2, 0.25) is 5.02 Å². The number of halogens is 1. The van der Waals surface area contributed by atoms with Crippen molar-refractivity contribution >= 4 is 22.6 Å². The SMILES string of the molecule is OCCc1ccc(O)c(-n2nc3ccc(Cl)cc3n2)c1. The van der Waals surface area contributed by atoms with Crippen molar-refractivity contribution in [2.75, 3.05) is 6.61 Å². The van der Waals surface area contributed by atoms with Crippen LogP contribution in [0.3, 0.4) is 0 Å². The Hall–Kier alpha value is -2.11. The number of hydrogen-bond acceptors (Lipinski definition) is 4. The number of benzene rings is 2. The number of aromatic hydroxyl groups is 1. The molecular formula is C14H12ClN3O2. The van der Waals surface area contributed by atoms with Crippen molar-refractivity contribution in [3.05, 3.63) is 47.0 Å². The Morgan fingerprint density at radius 3 is 2.65 bits per heavy atom. The van der Waals surface area contributed by atoms with Crippen LogP contribution in [-0.4, -0.2) is 31.8 Å². The van der Waals surface area contributed by atoms with Gasteiger partial charge in [-0.05, 0) is 42.3 Å². The smallest absolute Gasteiger partial charge is 0.143 e. The Balaban J connectivity index is 2.12. The van der Waals surface area contributed by atoms with Gasteiger partial charge >= 0.3 is 0 Å². The van der Waals surface area contributed by atoms with Crippen LogP contribution in [0, 0.1) is 0 Å². The van der Waals surface area contributed by atoms with Crippen molar-refractivity contribution in [3.8, 4) is 11.4 Å². The number of phenols is 1. The van der Waals surface area contributed by atoms with Gasteiger partial charge in [-0.1, -0.05) is 17.7 Å². The predicted octanol–water partition coefficient (Wildman–Crippen LogP) is 2.31. The fourth-order valence-corrected chi connectivity index (χ4v) is 2.18. The molecule has 0 atom stereocenters. The van der Waals surface area contributed by atoms with E-state index in [-0.39, 0.29) is 12.4 Å². The van der Waals surface area contributed by atoms with Gasteiger partial charge in [0.15, 0.2) is 0 Å². The van der Waals surface area contributed by atoms with Crippen LogP contribution < -0.4 is 0 Å². The lowest BCUT2D eigenvalue weighted by Gasteiger charge is -2.05. The topological polar surface area (TPSA) is 71.2 Å². The molecule has 102 valence electrons. The first-order chi connectivity index (χ1) is 9.67. The summed E-state index contributed by atoms with van der Waals surface area (Å²) in [5.74, 6) is 0.0816. The number of phenolic OH excluding ortho intramolecular Hbond substituents is 1. The summed E-state index contributed by atoms with van der Waals surface area (Å²) in [4.78, 5) is 1.37. The van der Waals surface area contributed by atoms with Gasteiger partial charge in [-0.25, -0.2) is 0 Å². The summed E-state index contributed by atoms with van der Waals surface area (Å²) in [6.07, 6.45) is 0.514. The standard InChI is InChI=1S/C14H12ClN3O2/c15-10-2-3-11-12(8-10)17-18(16-11)13-7-9(5-6-19)1-4-14(13)20/h1-4,7-8,19-20H,5-6H2. The Labute approximate surface area is 120 Å². The van der Waals surface area contributed by atoms with E-state index < -0.39 is 0 Å². The first-order valence-electron chi connectivity index (χ1n) is 6.13. The second-order valence-corrected chi connectivity index (χ2v) is 4.86. The van der Waals surface area contributed by atoms with Crippen molar-refractivity contribution in [1.82, 2.24) is 15.0 Å². The Morgan fingerprint density at radius 1 is 1.05 bits per heavy atom. The van der Waals surface area contributed by atoms with Gasteiger partial charge in [0, 0.05) is 11.6 Å². The first-order valence-corrected chi connectivity index (χ1v) is 6.51. The average molecular weight is 290 g/mol. The van der Waals surface area contributed by atoms with E-state index in [0.29, 0.717) is 28.2 Å². The summed E-state index contributed by atoms with van der Waals surface area (Å²) in [5.41, 5.74) is 2.73. The van der Waals surface area contributed by atoms with E-state index in [2.05, 4.69) is 10.2 Å². The van der Waals surface area contributed by atoms with Gasteiger partial charge < -0.3 is 10.2 Å². The molecule has 5 nitrogen and oxygen atoms in total. The summed E-state index contributed by atoms with van der Waals surface area (Å²) in [6.45, 7) is 0.0499. The van der Waals surface area contributed by atoms with Crippen molar-refractivity contribution in [2.45, 2.75) is 6.42 Å². The normalized spacial score (nSPS) is 11.1. The van der Waals surface area contributed by atoms with Gasteiger partial charge in [-0.3, -0.25) is 0 Å². The zero-order valence-corrected chi connectivity index (χ0v) is 11.2. The monoisotopic (exact) mass is 289 g/mol. The minimum absolute atomic E-state index is 0.0499. The highest BCUT2D eigenvalue weighted by molar-refractivity contribution is 6.31. The third-order valence-electron chi connectivity index (χ3n) is 3.00. The van der Waals surface area contributed by atoms with E-state index in [1.165, 1.54) is 4.80 Å². The van der Waals surface area contributed by atoms with E-state index in [1.807, 2.05) is 0 Å². The molecule has 0 aliphatic heterocycles. The van der Waals surface area contributed by atoms with Gasteiger partial charge in [0.2, 0.25) is 0 Å². The number of aliphatic hydroxyl groups excluding tert-OH is 1. The third-order valence-corrected chi connectivity index (χ3v) is 3.23. The molecule has 0 aliphatic carbocycles. The lowest BCUT2D eigenvalue weighted by Crippen LogP contribution is -2.01. The molecule has 0 bridgehead atoms. The third kappa shape index (κ3) is 2.33.